The van der Waals surface area contributed by atoms with Gasteiger partial charge in [0.15, 0.2) is 0 Å². The maximum atomic E-state index is 12.9. The fourth-order valence-corrected chi connectivity index (χ4v) is 3.82. The molecule has 31 heavy (non-hydrogen) atoms. The summed E-state index contributed by atoms with van der Waals surface area (Å²) < 4.78 is 38.8. The van der Waals surface area contributed by atoms with Crippen molar-refractivity contribution in [2.75, 3.05) is 18.8 Å². The molecular formula is C22H20F3N5O. The molecule has 1 fully saturated rings. The van der Waals surface area contributed by atoms with Crippen LogP contribution in [0.5, 0.6) is 0 Å². The van der Waals surface area contributed by atoms with Gasteiger partial charge < -0.3 is 10.6 Å². The lowest BCUT2D eigenvalue weighted by molar-refractivity contribution is -0.137. The highest BCUT2D eigenvalue weighted by molar-refractivity contribution is 5.92. The van der Waals surface area contributed by atoms with Crippen LogP contribution in [0, 0.1) is 0 Å². The van der Waals surface area contributed by atoms with Crippen LogP contribution in [-0.2, 0) is 6.18 Å². The molecule has 1 aromatic carbocycles. The Labute approximate surface area is 177 Å². The lowest BCUT2D eigenvalue weighted by Gasteiger charge is -2.33. The number of anilines is 1. The molecule has 0 aliphatic carbocycles. The molecular weight excluding hydrogens is 407 g/mol. The van der Waals surface area contributed by atoms with E-state index in [1.165, 1.54) is 18.3 Å². The van der Waals surface area contributed by atoms with Crippen LogP contribution in [-0.4, -0.2) is 38.8 Å². The molecule has 1 amide bonds. The minimum Gasteiger partial charge on any atom is -0.368 e. The molecule has 0 unspecified atom stereocenters. The van der Waals surface area contributed by atoms with Crippen LogP contribution in [0.4, 0.5) is 19.1 Å². The standard InChI is InChI=1S/C22H20F3N5O/c23-22(24,25)16-8-6-14(7-9-16)17-12-28-21(26)29-19(17)15-4-3-11-30(13-15)20(31)18-5-1-2-10-27-18/h1-2,5-10,12,15H,3-4,11,13H2,(H2,26,28,29)/t15-/m1/s1. The third-order valence-electron chi connectivity index (χ3n) is 5.34. The molecule has 6 nitrogen and oxygen atoms in total. The number of rotatable bonds is 3. The van der Waals surface area contributed by atoms with E-state index in [1.807, 2.05) is 0 Å². The molecule has 1 saturated heterocycles. The number of alkyl halides is 3. The second-order valence-corrected chi connectivity index (χ2v) is 7.41. The Hall–Kier alpha value is -3.49. The fourth-order valence-electron chi connectivity index (χ4n) is 3.82. The molecule has 1 aliphatic heterocycles. The summed E-state index contributed by atoms with van der Waals surface area (Å²) in [5.41, 5.74) is 7.27. The van der Waals surface area contributed by atoms with Gasteiger partial charge in [0.25, 0.3) is 5.91 Å². The normalized spacial score (nSPS) is 16.9. The Morgan fingerprint density at radius 2 is 1.87 bits per heavy atom. The number of benzene rings is 1. The molecule has 0 bridgehead atoms. The molecule has 9 heteroatoms. The predicted molar refractivity (Wildman–Crippen MR) is 109 cm³/mol. The summed E-state index contributed by atoms with van der Waals surface area (Å²) >= 11 is 0. The molecule has 1 atom stereocenters. The first-order valence-electron chi connectivity index (χ1n) is 9.83. The van der Waals surface area contributed by atoms with Gasteiger partial charge in [-0.1, -0.05) is 18.2 Å². The molecule has 3 heterocycles. The quantitative estimate of drug-likeness (QED) is 0.679. The van der Waals surface area contributed by atoms with E-state index in [-0.39, 0.29) is 17.8 Å². The zero-order valence-corrected chi connectivity index (χ0v) is 16.5. The van der Waals surface area contributed by atoms with E-state index >= 15 is 0 Å². The summed E-state index contributed by atoms with van der Waals surface area (Å²) in [7, 11) is 0. The monoisotopic (exact) mass is 427 g/mol. The average Bonchev–Trinajstić information content (AvgIpc) is 2.79. The Morgan fingerprint density at radius 1 is 1.10 bits per heavy atom. The number of pyridine rings is 1. The van der Waals surface area contributed by atoms with E-state index in [0.717, 1.165) is 25.0 Å². The van der Waals surface area contributed by atoms with Crippen LogP contribution >= 0.6 is 0 Å². The van der Waals surface area contributed by atoms with Crippen molar-refractivity contribution in [3.8, 4) is 11.1 Å². The molecule has 2 aromatic heterocycles. The van der Waals surface area contributed by atoms with Crippen molar-refractivity contribution < 1.29 is 18.0 Å². The van der Waals surface area contributed by atoms with Crippen LogP contribution in [0.15, 0.2) is 54.9 Å². The lowest BCUT2D eigenvalue weighted by atomic mass is 9.89. The fraction of sp³-hybridized carbons (Fsp3) is 0.273. The Bertz CT molecular complexity index is 1070. The largest absolute Gasteiger partial charge is 0.416 e. The molecule has 0 spiro atoms. The molecule has 3 aromatic rings. The number of likely N-dealkylation sites (tertiary alicyclic amines) is 1. The SMILES string of the molecule is Nc1ncc(-c2ccc(C(F)(F)F)cc2)c([C@@H]2CCCN(C(=O)c3ccccn3)C2)n1. The van der Waals surface area contributed by atoms with E-state index in [4.69, 9.17) is 5.73 Å². The number of carbonyl (C=O) groups is 1. The first-order valence-corrected chi connectivity index (χ1v) is 9.83. The van der Waals surface area contributed by atoms with Gasteiger partial charge in [0, 0.05) is 37.0 Å². The topological polar surface area (TPSA) is 85.0 Å². The maximum absolute atomic E-state index is 12.9. The van der Waals surface area contributed by atoms with Gasteiger partial charge >= 0.3 is 6.18 Å². The number of nitrogens with two attached hydrogens (primary N) is 1. The van der Waals surface area contributed by atoms with Crippen LogP contribution < -0.4 is 5.73 Å². The first kappa shape index (κ1) is 20.8. The van der Waals surface area contributed by atoms with Crippen LogP contribution in [0.1, 0.15) is 40.5 Å². The van der Waals surface area contributed by atoms with Crippen molar-refractivity contribution >= 4 is 11.9 Å². The van der Waals surface area contributed by atoms with Gasteiger partial charge in [-0.25, -0.2) is 9.97 Å². The lowest BCUT2D eigenvalue weighted by Crippen LogP contribution is -2.39. The van der Waals surface area contributed by atoms with E-state index in [9.17, 15) is 18.0 Å². The number of amides is 1. The second-order valence-electron chi connectivity index (χ2n) is 7.41. The molecule has 1 aliphatic rings. The van der Waals surface area contributed by atoms with Gasteiger partial charge in [0.05, 0.1) is 11.3 Å². The van der Waals surface area contributed by atoms with E-state index in [1.54, 1.807) is 29.3 Å². The molecule has 0 saturated carbocycles. The van der Waals surface area contributed by atoms with E-state index < -0.39 is 11.7 Å². The van der Waals surface area contributed by atoms with Crippen LogP contribution in [0.3, 0.4) is 0 Å². The summed E-state index contributed by atoms with van der Waals surface area (Å²) in [4.78, 5) is 27.1. The van der Waals surface area contributed by atoms with Crippen molar-refractivity contribution in [2.45, 2.75) is 24.9 Å². The van der Waals surface area contributed by atoms with Crippen molar-refractivity contribution in [3.63, 3.8) is 0 Å². The number of piperidine rings is 1. The summed E-state index contributed by atoms with van der Waals surface area (Å²) in [6.45, 7) is 1.02. The van der Waals surface area contributed by atoms with Gasteiger partial charge in [-0.15, -0.1) is 0 Å². The number of carbonyl (C=O) groups excluding carboxylic acids is 1. The second kappa shape index (κ2) is 8.33. The van der Waals surface area contributed by atoms with E-state index in [2.05, 4.69) is 15.0 Å². The minimum absolute atomic E-state index is 0.0823. The van der Waals surface area contributed by atoms with Gasteiger partial charge in [-0.3, -0.25) is 9.78 Å². The average molecular weight is 427 g/mol. The van der Waals surface area contributed by atoms with Crippen molar-refractivity contribution in [2.24, 2.45) is 0 Å². The number of halogens is 3. The maximum Gasteiger partial charge on any atom is 0.416 e. The molecule has 0 radical (unpaired) electrons. The number of nitrogens with zero attached hydrogens (tertiary/aromatic N) is 4. The predicted octanol–water partition coefficient (Wildman–Crippen LogP) is 4.16. The van der Waals surface area contributed by atoms with Gasteiger partial charge in [0.2, 0.25) is 5.95 Å². The highest BCUT2D eigenvalue weighted by Gasteiger charge is 2.31. The zero-order valence-electron chi connectivity index (χ0n) is 16.5. The highest BCUT2D eigenvalue weighted by atomic mass is 19.4. The van der Waals surface area contributed by atoms with Crippen molar-refractivity contribution in [1.29, 1.82) is 0 Å². The Morgan fingerprint density at radius 3 is 2.55 bits per heavy atom. The van der Waals surface area contributed by atoms with Crippen molar-refractivity contribution in [3.05, 3.63) is 71.8 Å². The number of aromatic nitrogens is 3. The highest BCUT2D eigenvalue weighted by Crippen LogP contribution is 2.35. The number of hydrogen-bond donors (Lipinski definition) is 1. The minimum atomic E-state index is -4.41. The van der Waals surface area contributed by atoms with Gasteiger partial charge in [-0.05, 0) is 42.7 Å². The zero-order chi connectivity index (χ0) is 22.0. The molecule has 160 valence electrons. The van der Waals surface area contributed by atoms with Crippen molar-refractivity contribution in [1.82, 2.24) is 19.9 Å². The van der Waals surface area contributed by atoms with Gasteiger partial charge in [0.1, 0.15) is 5.69 Å². The van der Waals surface area contributed by atoms with Gasteiger partial charge in [-0.2, -0.15) is 13.2 Å². The summed E-state index contributed by atoms with van der Waals surface area (Å²) in [6, 6.07) is 10.1. The van der Waals surface area contributed by atoms with Crippen LogP contribution in [0.2, 0.25) is 0 Å². The molecule has 2 N–H and O–H groups in total. The number of nitrogen functional groups attached to an aromatic ring is 1. The summed E-state index contributed by atoms with van der Waals surface area (Å²) in [5.74, 6) is -0.203. The summed E-state index contributed by atoms with van der Waals surface area (Å²) in [6.07, 6.45) is 0.229. The third-order valence-corrected chi connectivity index (χ3v) is 5.34. The van der Waals surface area contributed by atoms with Crippen LogP contribution in [0.25, 0.3) is 11.1 Å². The Balaban J connectivity index is 1.63. The van der Waals surface area contributed by atoms with E-state index in [0.29, 0.717) is 35.6 Å². The first-order chi connectivity index (χ1) is 14.8. The number of hydrogen-bond acceptors (Lipinski definition) is 5. The summed E-state index contributed by atoms with van der Waals surface area (Å²) in [5, 5.41) is 0. The molecule has 4 rings (SSSR count). The third kappa shape index (κ3) is 4.50. The Kier molecular flexibility index (Phi) is 5.58. The smallest absolute Gasteiger partial charge is 0.368 e.